The summed E-state index contributed by atoms with van der Waals surface area (Å²) in [6.45, 7) is 6.31. The first-order valence-electron chi connectivity index (χ1n) is 6.51. The van der Waals surface area contributed by atoms with Crippen LogP contribution >= 0.6 is 15.9 Å². The van der Waals surface area contributed by atoms with Crippen LogP contribution in [0.4, 0.5) is 4.79 Å². The van der Waals surface area contributed by atoms with Crippen molar-refractivity contribution in [1.29, 1.82) is 0 Å². The highest BCUT2D eigenvalue weighted by Crippen LogP contribution is 2.38. The van der Waals surface area contributed by atoms with Crippen molar-refractivity contribution in [2.45, 2.75) is 38.8 Å². The Balaban J connectivity index is 2.48. The molecule has 9 heteroatoms. The van der Waals surface area contributed by atoms with Crippen LogP contribution in [0.25, 0.3) is 0 Å². The zero-order valence-electron chi connectivity index (χ0n) is 12.7. The normalized spacial score (nSPS) is 24.3. The standard InChI is InChI=1S/C13H17BrN2O5S/c1-12(2,3)21-11(17)16-13(4,8-20-22(16,18)19)9-6-5-7-10(14)15-9/h5-7H,8H2,1-4H3. The molecule has 0 bridgehead atoms. The van der Waals surface area contributed by atoms with Gasteiger partial charge in [0.1, 0.15) is 15.7 Å². The van der Waals surface area contributed by atoms with Gasteiger partial charge in [0, 0.05) is 0 Å². The molecule has 1 aromatic rings. The molecule has 0 N–H and O–H groups in total. The molecule has 1 amide bonds. The van der Waals surface area contributed by atoms with Crippen molar-refractivity contribution in [3.63, 3.8) is 0 Å². The van der Waals surface area contributed by atoms with E-state index in [2.05, 4.69) is 20.9 Å². The van der Waals surface area contributed by atoms with Crippen molar-refractivity contribution in [3.05, 3.63) is 28.5 Å². The van der Waals surface area contributed by atoms with Gasteiger partial charge in [-0.05, 0) is 55.8 Å². The minimum absolute atomic E-state index is 0.224. The predicted octanol–water partition coefficient (Wildman–Crippen LogP) is 2.57. The summed E-state index contributed by atoms with van der Waals surface area (Å²) in [5, 5.41) is 0. The first kappa shape index (κ1) is 17.2. The van der Waals surface area contributed by atoms with E-state index < -0.39 is 27.5 Å². The molecule has 1 unspecified atom stereocenters. The average Bonchev–Trinajstić information content (AvgIpc) is 2.59. The monoisotopic (exact) mass is 392 g/mol. The molecule has 1 aromatic heterocycles. The van der Waals surface area contributed by atoms with Crippen molar-refractivity contribution in [3.8, 4) is 0 Å². The Morgan fingerprint density at radius 3 is 2.64 bits per heavy atom. The smallest absolute Gasteiger partial charge is 0.426 e. The third kappa shape index (κ3) is 3.26. The Labute approximate surface area is 138 Å². The minimum atomic E-state index is -4.22. The van der Waals surface area contributed by atoms with E-state index in [1.54, 1.807) is 45.9 Å². The maximum Gasteiger partial charge on any atom is 0.426 e. The Kier molecular flexibility index (Phi) is 4.27. The Morgan fingerprint density at radius 2 is 2.09 bits per heavy atom. The van der Waals surface area contributed by atoms with E-state index >= 15 is 0 Å². The predicted molar refractivity (Wildman–Crippen MR) is 82.2 cm³/mol. The largest absolute Gasteiger partial charge is 0.443 e. The summed E-state index contributed by atoms with van der Waals surface area (Å²) in [7, 11) is -4.22. The van der Waals surface area contributed by atoms with Crippen molar-refractivity contribution in [1.82, 2.24) is 9.29 Å². The number of carbonyl (C=O) groups is 1. The van der Waals surface area contributed by atoms with E-state index in [4.69, 9.17) is 8.92 Å². The van der Waals surface area contributed by atoms with Gasteiger partial charge in [0.05, 0.1) is 12.3 Å². The summed E-state index contributed by atoms with van der Waals surface area (Å²) in [5.41, 5.74) is -1.72. The molecule has 0 spiro atoms. The topological polar surface area (TPSA) is 85.8 Å². The van der Waals surface area contributed by atoms with Crippen LogP contribution in [0, 0.1) is 0 Å². The maximum atomic E-state index is 12.4. The summed E-state index contributed by atoms with van der Waals surface area (Å²) >= 11 is 3.23. The van der Waals surface area contributed by atoms with Crippen LogP contribution in [0.15, 0.2) is 22.8 Å². The van der Waals surface area contributed by atoms with Gasteiger partial charge in [-0.25, -0.2) is 9.78 Å². The SMILES string of the molecule is CC(C)(C)OC(=O)N1C(C)(c2cccc(Br)n2)COS1(=O)=O. The lowest BCUT2D eigenvalue weighted by Crippen LogP contribution is -2.48. The highest BCUT2D eigenvalue weighted by Gasteiger charge is 2.54. The van der Waals surface area contributed by atoms with Crippen molar-refractivity contribution < 1.29 is 22.1 Å². The fraction of sp³-hybridized carbons (Fsp3) is 0.538. The van der Waals surface area contributed by atoms with Gasteiger partial charge in [-0.15, -0.1) is 0 Å². The second-order valence-electron chi connectivity index (χ2n) is 6.08. The summed E-state index contributed by atoms with van der Waals surface area (Å²) in [5.74, 6) is 0. The molecular formula is C13H17BrN2O5S. The number of carbonyl (C=O) groups excluding carboxylic acids is 1. The van der Waals surface area contributed by atoms with Crippen LogP contribution in [0.1, 0.15) is 33.4 Å². The van der Waals surface area contributed by atoms with E-state index in [9.17, 15) is 13.2 Å². The number of nitrogens with zero attached hydrogens (tertiary/aromatic N) is 2. The first-order chi connectivity index (χ1) is 9.96. The van der Waals surface area contributed by atoms with Gasteiger partial charge in [0.15, 0.2) is 0 Å². The second kappa shape index (κ2) is 5.47. The third-order valence-electron chi connectivity index (χ3n) is 2.99. The lowest BCUT2D eigenvalue weighted by molar-refractivity contribution is 0.0260. The second-order valence-corrected chi connectivity index (χ2v) is 8.35. The molecule has 1 fully saturated rings. The van der Waals surface area contributed by atoms with Gasteiger partial charge >= 0.3 is 16.4 Å². The molecule has 0 saturated carbocycles. The van der Waals surface area contributed by atoms with Crippen molar-refractivity contribution in [2.75, 3.05) is 6.61 Å². The maximum absolute atomic E-state index is 12.4. The highest BCUT2D eigenvalue weighted by molar-refractivity contribution is 9.10. The number of amides is 1. The van der Waals surface area contributed by atoms with Crippen LogP contribution in [0.5, 0.6) is 0 Å². The average molecular weight is 393 g/mol. The van der Waals surface area contributed by atoms with E-state index in [0.717, 1.165) is 0 Å². The molecule has 1 aliphatic heterocycles. The first-order valence-corrected chi connectivity index (χ1v) is 8.67. The third-order valence-corrected chi connectivity index (χ3v) is 4.84. The van der Waals surface area contributed by atoms with Gasteiger partial charge in [0.25, 0.3) is 0 Å². The summed E-state index contributed by atoms with van der Waals surface area (Å²) < 4.78 is 35.4. The lowest BCUT2D eigenvalue weighted by Gasteiger charge is -2.32. The summed E-state index contributed by atoms with van der Waals surface area (Å²) in [4.78, 5) is 16.6. The minimum Gasteiger partial charge on any atom is -0.443 e. The van der Waals surface area contributed by atoms with Gasteiger partial charge in [-0.1, -0.05) is 6.07 Å². The number of aromatic nitrogens is 1. The fourth-order valence-electron chi connectivity index (χ4n) is 2.03. The van der Waals surface area contributed by atoms with Gasteiger partial charge in [-0.3, -0.25) is 4.18 Å². The molecule has 0 aliphatic carbocycles. The van der Waals surface area contributed by atoms with Crippen LogP contribution in [-0.4, -0.2) is 36.0 Å². The molecule has 1 atom stereocenters. The van der Waals surface area contributed by atoms with E-state index in [-0.39, 0.29) is 6.61 Å². The zero-order chi connectivity index (χ0) is 16.8. The van der Waals surface area contributed by atoms with E-state index in [1.807, 2.05) is 0 Å². The molecule has 7 nitrogen and oxygen atoms in total. The molecule has 0 radical (unpaired) electrons. The van der Waals surface area contributed by atoms with E-state index in [0.29, 0.717) is 14.6 Å². The molecule has 22 heavy (non-hydrogen) atoms. The Bertz CT molecular complexity index is 701. The summed E-state index contributed by atoms with van der Waals surface area (Å²) in [6.07, 6.45) is -0.991. The Hall–Kier alpha value is -1.19. The van der Waals surface area contributed by atoms with Crippen molar-refractivity contribution in [2.24, 2.45) is 0 Å². The number of hydrogen-bond donors (Lipinski definition) is 0. The number of halogens is 1. The van der Waals surface area contributed by atoms with Gasteiger partial charge in [0.2, 0.25) is 0 Å². The summed E-state index contributed by atoms with van der Waals surface area (Å²) in [6, 6.07) is 5.04. The molecule has 0 aromatic carbocycles. The van der Waals surface area contributed by atoms with Crippen LogP contribution in [0.2, 0.25) is 0 Å². The van der Waals surface area contributed by atoms with Gasteiger partial charge < -0.3 is 4.74 Å². The quantitative estimate of drug-likeness (QED) is 0.682. The number of ether oxygens (including phenoxy) is 1. The molecule has 2 heterocycles. The highest BCUT2D eigenvalue weighted by atomic mass is 79.9. The van der Waals surface area contributed by atoms with Crippen LogP contribution < -0.4 is 0 Å². The van der Waals surface area contributed by atoms with E-state index in [1.165, 1.54) is 0 Å². The lowest BCUT2D eigenvalue weighted by atomic mass is 9.98. The molecule has 2 rings (SSSR count). The van der Waals surface area contributed by atoms with Crippen LogP contribution in [-0.2, 0) is 24.8 Å². The zero-order valence-corrected chi connectivity index (χ0v) is 15.1. The fourth-order valence-corrected chi connectivity index (χ4v) is 3.72. The molecular weight excluding hydrogens is 376 g/mol. The number of pyridine rings is 1. The van der Waals surface area contributed by atoms with Crippen molar-refractivity contribution >= 4 is 32.3 Å². The Morgan fingerprint density at radius 1 is 1.45 bits per heavy atom. The number of hydrogen-bond acceptors (Lipinski definition) is 6. The molecule has 1 aliphatic rings. The molecule has 1 saturated heterocycles. The van der Waals surface area contributed by atoms with Gasteiger partial charge in [-0.2, -0.15) is 12.7 Å². The number of rotatable bonds is 1. The van der Waals surface area contributed by atoms with Crippen LogP contribution in [0.3, 0.4) is 0 Å². The molecule has 122 valence electrons.